The van der Waals surface area contributed by atoms with Crippen LogP contribution in [0.15, 0.2) is 23.7 Å². The second-order valence-corrected chi connectivity index (χ2v) is 4.47. The van der Waals surface area contributed by atoms with Gasteiger partial charge in [-0.25, -0.2) is 10.1 Å². The van der Waals surface area contributed by atoms with E-state index in [-0.39, 0.29) is 5.96 Å². The molecular weight excluding hydrogens is 256 g/mol. The van der Waals surface area contributed by atoms with E-state index in [0.717, 1.165) is 17.2 Å². The summed E-state index contributed by atoms with van der Waals surface area (Å²) in [6.45, 7) is 0.577. The highest BCUT2D eigenvalue weighted by atomic mass is 32.2. The van der Waals surface area contributed by atoms with Crippen LogP contribution in [0, 0.1) is 10.1 Å². The third-order valence-electron chi connectivity index (χ3n) is 2.01. The lowest BCUT2D eigenvalue weighted by Gasteiger charge is -2.14. The number of hydrogen-bond donors (Lipinski definition) is 1. The summed E-state index contributed by atoms with van der Waals surface area (Å²) < 4.78 is 0. The van der Waals surface area contributed by atoms with Crippen molar-refractivity contribution in [3.05, 3.63) is 34.4 Å². The summed E-state index contributed by atoms with van der Waals surface area (Å²) in [6.07, 6.45) is 4.97. The third kappa shape index (κ3) is 5.43. The molecule has 1 rings (SSSR count). The summed E-state index contributed by atoms with van der Waals surface area (Å²) in [4.78, 5) is 19.7. The molecule has 0 aliphatic heterocycles. The molecular formula is C9H14N6O2S. The molecule has 1 aromatic rings. The number of hydrazone groups is 1. The van der Waals surface area contributed by atoms with Gasteiger partial charge in [0.25, 0.3) is 5.96 Å². The van der Waals surface area contributed by atoms with Gasteiger partial charge < -0.3 is 10.6 Å². The number of nitrogens with zero attached hydrogens (tertiary/aromatic N) is 5. The van der Waals surface area contributed by atoms with Crippen LogP contribution in [0.4, 0.5) is 0 Å². The maximum atomic E-state index is 10.1. The van der Waals surface area contributed by atoms with Crippen LogP contribution in [0.1, 0.15) is 5.69 Å². The summed E-state index contributed by atoms with van der Waals surface area (Å²) in [7, 11) is 1.66. The molecule has 0 unspecified atom stereocenters. The molecule has 8 nitrogen and oxygen atoms in total. The van der Waals surface area contributed by atoms with Crippen molar-refractivity contribution in [2.75, 3.05) is 19.3 Å². The molecule has 0 aliphatic rings. The van der Waals surface area contributed by atoms with Gasteiger partial charge in [-0.2, -0.15) is 11.8 Å². The molecule has 98 valence electrons. The quantitative estimate of drug-likeness (QED) is 0.257. The number of aromatic nitrogens is 2. The van der Waals surface area contributed by atoms with Crippen LogP contribution in [0.2, 0.25) is 0 Å². The normalized spacial score (nSPS) is 11.3. The van der Waals surface area contributed by atoms with Crippen LogP contribution in [0.3, 0.4) is 0 Å². The Kier molecular flexibility index (Phi) is 5.85. The average molecular weight is 270 g/mol. The van der Waals surface area contributed by atoms with Gasteiger partial charge in [0.15, 0.2) is 5.03 Å². The number of nitrogens with two attached hydrogens (primary N) is 1. The van der Waals surface area contributed by atoms with Crippen molar-refractivity contribution in [3.63, 3.8) is 0 Å². The first-order chi connectivity index (χ1) is 8.59. The highest BCUT2D eigenvalue weighted by Gasteiger charge is 2.06. The van der Waals surface area contributed by atoms with Crippen molar-refractivity contribution in [2.45, 2.75) is 5.75 Å². The van der Waals surface area contributed by atoms with E-state index in [1.807, 2.05) is 0 Å². The predicted molar refractivity (Wildman–Crippen MR) is 69.4 cm³/mol. The van der Waals surface area contributed by atoms with Crippen molar-refractivity contribution >= 4 is 17.7 Å². The number of rotatable bonds is 6. The molecule has 2 N–H and O–H groups in total. The van der Waals surface area contributed by atoms with Crippen LogP contribution in [-0.4, -0.2) is 45.2 Å². The molecule has 1 aromatic heterocycles. The van der Waals surface area contributed by atoms with Crippen LogP contribution in [0.5, 0.6) is 0 Å². The van der Waals surface area contributed by atoms with Gasteiger partial charge in [-0.05, 0) is 0 Å². The fraction of sp³-hybridized carbons (Fsp3) is 0.444. The zero-order valence-electron chi connectivity index (χ0n) is 9.89. The Hall–Kier alpha value is -1.90. The van der Waals surface area contributed by atoms with Crippen molar-refractivity contribution in [1.29, 1.82) is 0 Å². The van der Waals surface area contributed by atoms with E-state index in [2.05, 4.69) is 15.1 Å². The monoisotopic (exact) mass is 270 g/mol. The number of thioether (sulfide) groups is 1. The lowest BCUT2D eigenvalue weighted by Crippen LogP contribution is -2.36. The Labute approximate surface area is 108 Å². The molecule has 1 heterocycles. The molecule has 0 radical (unpaired) electrons. The van der Waals surface area contributed by atoms with Crippen molar-refractivity contribution in [2.24, 2.45) is 10.8 Å². The standard InChI is InChI=1S/C9H14N6O2S/c1-14(9(10)13-15(16)17)4-5-18-7-8-6-11-2-3-12-8/h2-3,6H,4-5,7H2,1H3,(H2,10,13). The van der Waals surface area contributed by atoms with Crippen LogP contribution < -0.4 is 5.73 Å². The lowest BCUT2D eigenvalue weighted by molar-refractivity contribution is -0.485. The van der Waals surface area contributed by atoms with E-state index in [9.17, 15) is 10.1 Å². The number of nitro groups is 1. The smallest absolute Gasteiger partial charge is 0.268 e. The zero-order chi connectivity index (χ0) is 13.4. The second-order valence-electron chi connectivity index (χ2n) is 3.37. The number of guanidine groups is 1. The SMILES string of the molecule is CN(CCSCc1cnccn1)C(N)=N[N+](=O)[O-]. The highest BCUT2D eigenvalue weighted by molar-refractivity contribution is 7.98. The van der Waals surface area contributed by atoms with E-state index in [1.54, 1.807) is 37.4 Å². The van der Waals surface area contributed by atoms with Gasteiger partial charge in [0.1, 0.15) is 5.10 Å². The van der Waals surface area contributed by atoms with Crippen molar-refractivity contribution < 1.29 is 5.03 Å². The van der Waals surface area contributed by atoms with E-state index >= 15 is 0 Å². The molecule has 0 atom stereocenters. The first-order valence-electron chi connectivity index (χ1n) is 5.12. The van der Waals surface area contributed by atoms with Crippen LogP contribution in [-0.2, 0) is 5.75 Å². The van der Waals surface area contributed by atoms with Crippen LogP contribution >= 0.6 is 11.8 Å². The number of hydrogen-bond acceptors (Lipinski definition) is 5. The van der Waals surface area contributed by atoms with Crippen LogP contribution in [0.25, 0.3) is 0 Å². The second kappa shape index (κ2) is 7.43. The molecule has 0 aromatic carbocycles. The molecule has 0 spiro atoms. The highest BCUT2D eigenvalue weighted by Crippen LogP contribution is 2.08. The summed E-state index contributed by atoms with van der Waals surface area (Å²) >= 11 is 1.65. The maximum Gasteiger partial charge on any atom is 0.268 e. The van der Waals surface area contributed by atoms with Crippen molar-refractivity contribution in [3.8, 4) is 0 Å². The first-order valence-corrected chi connectivity index (χ1v) is 6.27. The van der Waals surface area contributed by atoms with E-state index in [4.69, 9.17) is 5.73 Å². The van der Waals surface area contributed by atoms with Gasteiger partial charge in [-0.3, -0.25) is 9.97 Å². The summed E-state index contributed by atoms with van der Waals surface area (Å²) in [5.74, 6) is 1.41. The third-order valence-corrected chi connectivity index (χ3v) is 2.98. The Morgan fingerprint density at radius 3 is 3.06 bits per heavy atom. The lowest BCUT2D eigenvalue weighted by atomic mass is 10.5. The van der Waals surface area contributed by atoms with E-state index < -0.39 is 5.03 Å². The van der Waals surface area contributed by atoms with Crippen molar-refractivity contribution in [1.82, 2.24) is 14.9 Å². The Balaban J connectivity index is 2.24. The molecule has 0 aliphatic carbocycles. The summed E-state index contributed by atoms with van der Waals surface area (Å²) in [5, 5.41) is 12.3. The van der Waals surface area contributed by atoms with Gasteiger partial charge in [0, 0.05) is 43.7 Å². The van der Waals surface area contributed by atoms with E-state index in [1.165, 1.54) is 4.90 Å². The minimum atomic E-state index is -0.807. The summed E-state index contributed by atoms with van der Waals surface area (Å²) in [5.41, 5.74) is 6.31. The predicted octanol–water partition coefficient (Wildman–Crippen LogP) is 0.148. The summed E-state index contributed by atoms with van der Waals surface area (Å²) in [6, 6.07) is 0. The molecule has 0 amide bonds. The fourth-order valence-corrected chi connectivity index (χ4v) is 1.96. The van der Waals surface area contributed by atoms with E-state index in [0.29, 0.717) is 6.54 Å². The Morgan fingerprint density at radius 1 is 1.67 bits per heavy atom. The van der Waals surface area contributed by atoms with Gasteiger partial charge in [0.2, 0.25) is 0 Å². The maximum absolute atomic E-state index is 10.1. The molecule has 0 bridgehead atoms. The minimum absolute atomic E-state index is 0.0971. The average Bonchev–Trinajstić information content (AvgIpc) is 2.34. The fourth-order valence-electron chi connectivity index (χ4n) is 1.06. The largest absolute Gasteiger partial charge is 0.365 e. The molecule has 9 heteroatoms. The Bertz CT molecular complexity index is 413. The zero-order valence-corrected chi connectivity index (χ0v) is 10.7. The molecule has 18 heavy (non-hydrogen) atoms. The molecule has 0 saturated carbocycles. The Morgan fingerprint density at radius 2 is 2.44 bits per heavy atom. The van der Waals surface area contributed by atoms with Gasteiger partial charge in [-0.1, -0.05) is 0 Å². The van der Waals surface area contributed by atoms with Gasteiger partial charge >= 0.3 is 0 Å². The molecule has 0 saturated heterocycles. The first kappa shape index (κ1) is 14.2. The minimum Gasteiger partial charge on any atom is -0.365 e. The topological polar surface area (TPSA) is 111 Å². The van der Waals surface area contributed by atoms with Gasteiger partial charge in [0.05, 0.1) is 5.69 Å². The molecule has 0 fully saturated rings. The van der Waals surface area contributed by atoms with Gasteiger partial charge in [-0.15, -0.1) is 0 Å².